The van der Waals surface area contributed by atoms with E-state index in [0.717, 1.165) is 50.5 Å². The molecule has 9 aromatic carbocycles. The summed E-state index contributed by atoms with van der Waals surface area (Å²) in [7, 11) is 0. The smallest absolute Gasteiger partial charge is 0.253 e. The van der Waals surface area contributed by atoms with Crippen molar-refractivity contribution in [1.82, 2.24) is 9.97 Å². The van der Waals surface area contributed by atoms with Crippen LogP contribution in [0.5, 0.6) is 0 Å². The first-order valence-electron chi connectivity index (χ1n) is 26.2. The maximum Gasteiger partial charge on any atom is 0.253 e. The molecule has 10 aromatic rings. The summed E-state index contributed by atoms with van der Waals surface area (Å²) in [6.07, 6.45) is 0. The van der Waals surface area contributed by atoms with Crippen molar-refractivity contribution in [2.45, 2.75) is 105 Å². The van der Waals surface area contributed by atoms with Crippen molar-refractivity contribution < 1.29 is 0 Å². The second kappa shape index (κ2) is 16.5. The molecule has 0 N–H and O–H groups in total. The summed E-state index contributed by atoms with van der Waals surface area (Å²) in [6.45, 7) is 28.0. The SMILES string of the molecule is CC(C)(C)c1cc(N2c3cc(-c4nc(-c5ccccc5)c5ccccc5n4)cc4c3B(c3c2ccc2ccccc32)c2c(ccc3ccccc23)N4c2cc(C(C)(C)C)cc(C(C)(C)C)c2)cc(C(C)(C)C)c1. The number of para-hydroxylation sites is 1. The van der Waals surface area contributed by atoms with Gasteiger partial charge in [-0.1, -0.05) is 204 Å². The Hall–Kier alpha value is -7.50. The van der Waals surface area contributed by atoms with Crippen LogP contribution in [0.1, 0.15) is 105 Å². The normalized spacial score (nSPS) is 13.7. The summed E-state index contributed by atoms with van der Waals surface area (Å²) in [5.74, 6) is 0.694. The number of benzene rings is 9. The van der Waals surface area contributed by atoms with Crippen molar-refractivity contribution in [1.29, 1.82) is 0 Å². The average molecular weight is 949 g/mol. The lowest BCUT2D eigenvalue weighted by molar-refractivity contribution is 0.568. The molecule has 5 heteroatoms. The molecule has 12 rings (SSSR count). The summed E-state index contributed by atoms with van der Waals surface area (Å²) < 4.78 is 0. The molecule has 0 amide bonds. The first kappa shape index (κ1) is 46.6. The monoisotopic (exact) mass is 949 g/mol. The molecular weight excluding hydrogens is 884 g/mol. The van der Waals surface area contributed by atoms with E-state index in [1.165, 1.54) is 71.6 Å². The van der Waals surface area contributed by atoms with E-state index in [-0.39, 0.29) is 28.4 Å². The van der Waals surface area contributed by atoms with Gasteiger partial charge in [0, 0.05) is 50.6 Å². The number of fused-ring (bicyclic) bond motifs is 9. The van der Waals surface area contributed by atoms with Gasteiger partial charge in [-0.05, 0) is 136 Å². The summed E-state index contributed by atoms with van der Waals surface area (Å²) in [5, 5.41) is 6.03. The number of nitrogens with zero attached hydrogens (tertiary/aromatic N) is 4. The van der Waals surface area contributed by atoms with E-state index in [0.29, 0.717) is 5.82 Å². The second-order valence-corrected chi connectivity index (χ2v) is 24.8. The number of hydrogen-bond donors (Lipinski definition) is 0. The molecule has 1 aromatic heterocycles. The minimum Gasteiger partial charge on any atom is -0.311 e. The van der Waals surface area contributed by atoms with Crippen LogP contribution in [0.3, 0.4) is 0 Å². The third-order valence-corrected chi connectivity index (χ3v) is 15.6. The fraction of sp³-hybridized carbons (Fsp3) is 0.235. The topological polar surface area (TPSA) is 32.3 Å². The molecular formula is C68H65BN4. The number of rotatable bonds is 4. The molecule has 73 heavy (non-hydrogen) atoms. The minimum atomic E-state index is -0.119. The lowest BCUT2D eigenvalue weighted by Crippen LogP contribution is -2.61. The Bertz CT molecular complexity index is 3610. The molecule has 0 unspecified atom stereocenters. The molecule has 0 bridgehead atoms. The molecule has 0 spiro atoms. The van der Waals surface area contributed by atoms with Gasteiger partial charge in [0.15, 0.2) is 5.82 Å². The average Bonchev–Trinajstić information content (AvgIpc) is 3.36. The molecule has 2 aliphatic heterocycles. The fourth-order valence-electron chi connectivity index (χ4n) is 11.5. The van der Waals surface area contributed by atoms with Gasteiger partial charge in [-0.15, -0.1) is 0 Å². The van der Waals surface area contributed by atoms with Crippen molar-refractivity contribution in [2.75, 3.05) is 9.80 Å². The molecule has 360 valence electrons. The summed E-state index contributed by atoms with van der Waals surface area (Å²) in [6, 6.07) is 66.1. The van der Waals surface area contributed by atoms with Crippen molar-refractivity contribution in [3.63, 3.8) is 0 Å². The standard InChI is InChI=1S/C68H65BN4/c1-65(2,3)46-36-47(66(4,5)6)39-50(38-46)72-56-32-30-42-22-16-18-26-52(42)60(56)69-61-53-27-19-17-23-43(53)31-33-57(61)73(51-40-48(67(7,8)9)37-49(41-51)68(10,11)12)59-35-45(34-58(72)62(59)69)64-70-55-29-21-20-28-54(55)63(71-64)44-24-14-13-15-25-44/h13-41H,1-12H3. The van der Waals surface area contributed by atoms with Crippen LogP contribution in [0.25, 0.3) is 55.1 Å². The highest BCUT2D eigenvalue weighted by Crippen LogP contribution is 2.50. The van der Waals surface area contributed by atoms with Gasteiger partial charge in [-0.3, -0.25) is 0 Å². The molecule has 0 saturated carbocycles. The Morgan fingerprint density at radius 3 is 1.21 bits per heavy atom. The largest absolute Gasteiger partial charge is 0.311 e. The Labute approximate surface area is 432 Å². The van der Waals surface area contributed by atoms with Crippen LogP contribution >= 0.6 is 0 Å². The van der Waals surface area contributed by atoms with E-state index in [1.54, 1.807) is 0 Å². The Balaban J connectivity index is 1.28. The van der Waals surface area contributed by atoms with Crippen LogP contribution in [0, 0.1) is 0 Å². The van der Waals surface area contributed by atoms with E-state index < -0.39 is 0 Å². The Morgan fingerprint density at radius 2 is 0.753 bits per heavy atom. The highest BCUT2D eigenvalue weighted by molar-refractivity contribution is 7.03. The first-order valence-corrected chi connectivity index (χ1v) is 26.2. The van der Waals surface area contributed by atoms with Gasteiger partial charge in [0.25, 0.3) is 6.71 Å². The van der Waals surface area contributed by atoms with Gasteiger partial charge in [0.2, 0.25) is 0 Å². The maximum atomic E-state index is 5.61. The third-order valence-electron chi connectivity index (χ3n) is 15.6. The molecule has 0 saturated heterocycles. The maximum absolute atomic E-state index is 5.61. The van der Waals surface area contributed by atoms with Gasteiger partial charge in [-0.25, -0.2) is 9.97 Å². The fourth-order valence-corrected chi connectivity index (χ4v) is 11.5. The summed E-state index contributed by atoms with van der Waals surface area (Å²) >= 11 is 0. The van der Waals surface area contributed by atoms with Gasteiger partial charge >= 0.3 is 0 Å². The van der Waals surface area contributed by atoms with Crippen LogP contribution in [0.4, 0.5) is 34.1 Å². The third kappa shape index (κ3) is 7.82. The van der Waals surface area contributed by atoms with Crippen LogP contribution in [0.15, 0.2) is 176 Å². The molecule has 3 heterocycles. The second-order valence-electron chi connectivity index (χ2n) is 24.8. The predicted molar refractivity (Wildman–Crippen MR) is 314 cm³/mol. The van der Waals surface area contributed by atoms with Crippen molar-refractivity contribution in [3.05, 3.63) is 198 Å². The summed E-state index contributed by atoms with van der Waals surface area (Å²) in [5.41, 5.74) is 19.5. The minimum absolute atomic E-state index is 0.105. The quantitative estimate of drug-likeness (QED) is 0.165. The number of aromatic nitrogens is 2. The van der Waals surface area contributed by atoms with Crippen molar-refractivity contribution >= 4 is 89.7 Å². The zero-order valence-corrected chi connectivity index (χ0v) is 44.6. The zero-order chi connectivity index (χ0) is 50.9. The number of anilines is 6. The molecule has 0 fully saturated rings. The van der Waals surface area contributed by atoms with Gasteiger partial charge < -0.3 is 9.80 Å². The van der Waals surface area contributed by atoms with Crippen molar-refractivity contribution in [2.24, 2.45) is 0 Å². The molecule has 0 atom stereocenters. The van der Waals surface area contributed by atoms with Crippen LogP contribution in [0.2, 0.25) is 0 Å². The first-order chi connectivity index (χ1) is 34.7. The zero-order valence-electron chi connectivity index (χ0n) is 44.6. The lowest BCUT2D eigenvalue weighted by atomic mass is 9.32. The van der Waals surface area contributed by atoms with Gasteiger partial charge in [0.1, 0.15) is 0 Å². The van der Waals surface area contributed by atoms with E-state index in [9.17, 15) is 0 Å². The molecule has 4 nitrogen and oxygen atoms in total. The Kier molecular flexibility index (Phi) is 10.5. The van der Waals surface area contributed by atoms with Gasteiger partial charge in [-0.2, -0.15) is 0 Å². The van der Waals surface area contributed by atoms with Crippen molar-refractivity contribution in [3.8, 4) is 22.6 Å². The lowest BCUT2D eigenvalue weighted by Gasteiger charge is -2.45. The highest BCUT2D eigenvalue weighted by atomic mass is 15.2. The van der Waals surface area contributed by atoms with Crippen LogP contribution in [-0.4, -0.2) is 16.7 Å². The highest BCUT2D eigenvalue weighted by Gasteiger charge is 2.46. The number of hydrogen-bond acceptors (Lipinski definition) is 4. The van der Waals surface area contributed by atoms with E-state index in [2.05, 4.69) is 269 Å². The van der Waals surface area contributed by atoms with E-state index in [4.69, 9.17) is 9.97 Å². The molecule has 0 aliphatic carbocycles. The molecule has 2 aliphatic rings. The van der Waals surface area contributed by atoms with E-state index >= 15 is 0 Å². The van der Waals surface area contributed by atoms with E-state index in [1.807, 2.05) is 0 Å². The van der Waals surface area contributed by atoms with Crippen LogP contribution < -0.4 is 26.2 Å². The summed E-state index contributed by atoms with van der Waals surface area (Å²) in [4.78, 5) is 16.3. The van der Waals surface area contributed by atoms with Gasteiger partial charge in [0.05, 0.1) is 11.2 Å². The Morgan fingerprint density at radius 1 is 0.342 bits per heavy atom. The predicted octanol–water partition coefficient (Wildman–Crippen LogP) is 16.5. The molecule has 0 radical (unpaired) electrons. The van der Waals surface area contributed by atoms with Crippen LogP contribution in [-0.2, 0) is 21.7 Å².